The molecular weight excluding hydrogens is 514 g/mol. The number of para-hydroxylation sites is 1. The van der Waals surface area contributed by atoms with E-state index >= 15 is 0 Å². The van der Waals surface area contributed by atoms with Crippen molar-refractivity contribution in [2.45, 2.75) is 44.0 Å². The Morgan fingerprint density at radius 2 is 1.82 bits per heavy atom. The smallest absolute Gasteiger partial charge is 0.271 e. The van der Waals surface area contributed by atoms with Gasteiger partial charge in [-0.3, -0.25) is 19.3 Å². The molecule has 2 aliphatic heterocycles. The predicted octanol–water partition coefficient (Wildman–Crippen LogP) is 3.82. The van der Waals surface area contributed by atoms with Crippen LogP contribution in [-0.4, -0.2) is 51.5 Å². The number of rotatable bonds is 10. The molecule has 2 atom stereocenters. The Labute approximate surface area is 230 Å². The molecule has 200 valence electrons. The number of furan rings is 1. The zero-order valence-corrected chi connectivity index (χ0v) is 22.3. The first-order valence-electron chi connectivity index (χ1n) is 12.9. The van der Waals surface area contributed by atoms with Crippen molar-refractivity contribution in [1.82, 2.24) is 15.5 Å². The summed E-state index contributed by atoms with van der Waals surface area (Å²) in [4.78, 5) is 49.9. The molecule has 1 aromatic heterocycles. The molecule has 2 unspecified atom stereocenters. The number of carbonyl (C=O) groups is 3. The van der Waals surface area contributed by atoms with Crippen molar-refractivity contribution in [3.05, 3.63) is 89.9 Å². The lowest BCUT2D eigenvalue weighted by Gasteiger charge is -2.32. The van der Waals surface area contributed by atoms with Crippen molar-refractivity contribution in [2.24, 2.45) is 9.98 Å². The van der Waals surface area contributed by atoms with E-state index in [2.05, 4.69) is 15.6 Å². The SMILES string of the molecule is CCC(SC1=Nc2ccccc2C2=NC(=O)C(CC(=O)NCCc3ccccc3)N12)C(=O)NCc1ccco1. The van der Waals surface area contributed by atoms with Gasteiger partial charge in [0.15, 0.2) is 5.17 Å². The molecule has 0 spiro atoms. The van der Waals surface area contributed by atoms with Crippen LogP contribution in [0.25, 0.3) is 0 Å². The Bertz CT molecular complexity index is 1400. The fourth-order valence-corrected chi connectivity index (χ4v) is 5.56. The van der Waals surface area contributed by atoms with Crippen LogP contribution >= 0.6 is 11.8 Å². The Morgan fingerprint density at radius 3 is 2.59 bits per heavy atom. The van der Waals surface area contributed by atoms with Crippen molar-refractivity contribution in [1.29, 1.82) is 0 Å². The van der Waals surface area contributed by atoms with Gasteiger partial charge < -0.3 is 15.1 Å². The van der Waals surface area contributed by atoms with Crippen LogP contribution in [0.1, 0.15) is 36.7 Å². The van der Waals surface area contributed by atoms with E-state index in [1.165, 1.54) is 11.8 Å². The lowest BCUT2D eigenvalue weighted by molar-refractivity contribution is -0.126. The first-order valence-corrected chi connectivity index (χ1v) is 13.8. The number of hydrogen-bond acceptors (Lipinski definition) is 7. The number of hydrogen-bond donors (Lipinski definition) is 2. The van der Waals surface area contributed by atoms with Gasteiger partial charge in [-0.2, -0.15) is 4.99 Å². The minimum atomic E-state index is -0.833. The highest BCUT2D eigenvalue weighted by Crippen LogP contribution is 2.36. The second-order valence-corrected chi connectivity index (χ2v) is 10.3. The molecule has 5 rings (SSSR count). The summed E-state index contributed by atoms with van der Waals surface area (Å²) in [6, 6.07) is 20.0. The number of amidine groups is 2. The normalized spacial score (nSPS) is 16.6. The van der Waals surface area contributed by atoms with Gasteiger partial charge in [-0.05, 0) is 42.7 Å². The fraction of sp³-hybridized carbons (Fsp3) is 0.276. The van der Waals surface area contributed by atoms with E-state index in [0.717, 1.165) is 11.1 Å². The topological polar surface area (TPSA) is 116 Å². The van der Waals surface area contributed by atoms with Crippen LogP contribution in [0.4, 0.5) is 5.69 Å². The third kappa shape index (κ3) is 6.12. The molecule has 2 N–H and O–H groups in total. The van der Waals surface area contributed by atoms with Crippen molar-refractivity contribution < 1.29 is 18.8 Å². The van der Waals surface area contributed by atoms with E-state index in [1.807, 2.05) is 61.5 Å². The van der Waals surface area contributed by atoms with Gasteiger partial charge in [0.25, 0.3) is 5.91 Å². The number of nitrogens with zero attached hydrogens (tertiary/aromatic N) is 3. The largest absolute Gasteiger partial charge is 0.467 e. The maximum absolute atomic E-state index is 13.1. The first-order chi connectivity index (χ1) is 19.0. The molecule has 0 aliphatic carbocycles. The van der Waals surface area contributed by atoms with Crippen molar-refractivity contribution in [2.75, 3.05) is 6.54 Å². The molecule has 0 radical (unpaired) electrons. The van der Waals surface area contributed by atoms with Gasteiger partial charge in [0, 0.05) is 12.1 Å². The lowest BCUT2D eigenvalue weighted by atomic mass is 10.1. The van der Waals surface area contributed by atoms with Crippen molar-refractivity contribution in [3.63, 3.8) is 0 Å². The van der Waals surface area contributed by atoms with E-state index in [4.69, 9.17) is 9.41 Å². The molecular formula is C29H29N5O4S. The van der Waals surface area contributed by atoms with Crippen LogP contribution in [-0.2, 0) is 27.3 Å². The average molecular weight is 544 g/mol. The van der Waals surface area contributed by atoms with E-state index in [1.54, 1.807) is 23.3 Å². The highest BCUT2D eigenvalue weighted by molar-refractivity contribution is 8.15. The van der Waals surface area contributed by atoms with E-state index < -0.39 is 17.2 Å². The number of fused-ring (bicyclic) bond motifs is 3. The number of carbonyl (C=O) groups excluding carboxylic acids is 3. The summed E-state index contributed by atoms with van der Waals surface area (Å²) in [6.07, 6.45) is 2.72. The molecule has 2 aromatic carbocycles. The van der Waals surface area contributed by atoms with Crippen LogP contribution in [0.15, 0.2) is 87.4 Å². The Morgan fingerprint density at radius 1 is 1.03 bits per heavy atom. The van der Waals surface area contributed by atoms with E-state index in [9.17, 15) is 14.4 Å². The van der Waals surface area contributed by atoms with E-state index in [-0.39, 0.29) is 24.8 Å². The Hall–Kier alpha value is -4.18. The van der Waals surface area contributed by atoms with Gasteiger partial charge >= 0.3 is 0 Å². The lowest BCUT2D eigenvalue weighted by Crippen LogP contribution is -2.47. The van der Waals surface area contributed by atoms with Crippen molar-refractivity contribution in [3.8, 4) is 0 Å². The minimum absolute atomic E-state index is 0.0656. The maximum atomic E-state index is 13.1. The molecule has 3 amide bonds. The molecule has 3 heterocycles. The van der Waals surface area contributed by atoms with Crippen LogP contribution < -0.4 is 10.6 Å². The molecule has 0 saturated carbocycles. The quantitative estimate of drug-likeness (QED) is 0.402. The summed E-state index contributed by atoms with van der Waals surface area (Å²) in [5, 5.41) is 5.83. The summed E-state index contributed by atoms with van der Waals surface area (Å²) in [5.41, 5.74) is 2.51. The van der Waals surface area contributed by atoms with Gasteiger partial charge in [-0.15, -0.1) is 0 Å². The number of thioether (sulfide) groups is 1. The predicted molar refractivity (Wildman–Crippen MR) is 151 cm³/mol. The molecule has 3 aromatic rings. The standard InChI is InChI=1S/C29H29N5O4S/c1-2-24(28(37)31-18-20-11-8-16-38-20)39-29-32-22-13-7-6-12-21(22)26-33-27(36)23(34(26)29)17-25(35)30-15-14-19-9-4-3-5-10-19/h3-13,16,23-24H,2,14-15,17-18H2,1H3,(H,30,35)(H,31,37). The molecule has 10 heteroatoms. The van der Waals surface area contributed by atoms with Crippen LogP contribution in [0, 0.1) is 0 Å². The molecule has 2 aliphatic rings. The zero-order chi connectivity index (χ0) is 27.2. The van der Waals surface area contributed by atoms with Gasteiger partial charge in [-0.1, -0.05) is 61.2 Å². The number of aliphatic imine (C=N–C) groups is 2. The fourth-order valence-electron chi connectivity index (χ4n) is 4.47. The zero-order valence-electron chi connectivity index (χ0n) is 21.5. The maximum Gasteiger partial charge on any atom is 0.271 e. The minimum Gasteiger partial charge on any atom is -0.467 e. The molecule has 0 bridgehead atoms. The molecule has 9 nitrogen and oxygen atoms in total. The molecule has 0 saturated heterocycles. The average Bonchev–Trinajstić information content (AvgIpc) is 3.59. The van der Waals surface area contributed by atoms with Crippen LogP contribution in [0.3, 0.4) is 0 Å². The van der Waals surface area contributed by atoms with Gasteiger partial charge in [0.1, 0.15) is 17.6 Å². The Balaban J connectivity index is 1.31. The van der Waals surface area contributed by atoms with Gasteiger partial charge in [0.05, 0.1) is 30.2 Å². The first kappa shape index (κ1) is 26.4. The number of benzene rings is 2. The second-order valence-electron chi connectivity index (χ2n) is 9.17. The van der Waals surface area contributed by atoms with Crippen molar-refractivity contribution >= 4 is 46.2 Å². The second kappa shape index (κ2) is 12.1. The van der Waals surface area contributed by atoms with Crippen LogP contribution in [0.5, 0.6) is 0 Å². The summed E-state index contributed by atoms with van der Waals surface area (Å²) >= 11 is 1.27. The summed E-state index contributed by atoms with van der Waals surface area (Å²) < 4.78 is 5.31. The van der Waals surface area contributed by atoms with Crippen LogP contribution in [0.2, 0.25) is 0 Å². The highest BCUT2D eigenvalue weighted by atomic mass is 32.2. The monoisotopic (exact) mass is 543 g/mol. The van der Waals surface area contributed by atoms with E-state index in [0.29, 0.717) is 41.8 Å². The number of nitrogens with one attached hydrogen (secondary N) is 2. The summed E-state index contributed by atoms with van der Waals surface area (Å²) in [5.74, 6) is 0.307. The van der Waals surface area contributed by atoms with Gasteiger partial charge in [0.2, 0.25) is 11.8 Å². The highest BCUT2D eigenvalue weighted by Gasteiger charge is 2.43. The third-order valence-electron chi connectivity index (χ3n) is 6.49. The third-order valence-corrected chi connectivity index (χ3v) is 7.82. The Kier molecular flexibility index (Phi) is 8.21. The number of amides is 3. The van der Waals surface area contributed by atoms with Gasteiger partial charge in [-0.25, -0.2) is 4.99 Å². The molecule has 0 fully saturated rings. The summed E-state index contributed by atoms with van der Waals surface area (Å²) in [6.45, 7) is 2.66. The molecule has 39 heavy (non-hydrogen) atoms. The summed E-state index contributed by atoms with van der Waals surface area (Å²) in [7, 11) is 0.